The van der Waals surface area contributed by atoms with Gasteiger partial charge in [0.2, 0.25) is 5.91 Å². The van der Waals surface area contributed by atoms with E-state index in [0.29, 0.717) is 6.54 Å². The van der Waals surface area contributed by atoms with Crippen LogP contribution >= 0.6 is 0 Å². The Balaban J connectivity index is 1.86. The molecule has 1 atom stereocenters. The van der Waals surface area contributed by atoms with Crippen molar-refractivity contribution in [1.82, 2.24) is 10.2 Å². The van der Waals surface area contributed by atoms with Crippen molar-refractivity contribution >= 4 is 11.6 Å². The summed E-state index contributed by atoms with van der Waals surface area (Å²) in [5.41, 5.74) is 6.36. The number of hydrogen-bond donors (Lipinski definition) is 2. The van der Waals surface area contributed by atoms with E-state index in [1.165, 1.54) is 12.1 Å². The molecular formula is C14H21FN4O. The van der Waals surface area contributed by atoms with Gasteiger partial charge in [0.15, 0.2) is 0 Å². The van der Waals surface area contributed by atoms with Gasteiger partial charge < -0.3 is 16.0 Å². The third kappa shape index (κ3) is 3.68. The summed E-state index contributed by atoms with van der Waals surface area (Å²) in [5, 5.41) is 2.93. The molecule has 0 spiro atoms. The van der Waals surface area contributed by atoms with Crippen LogP contribution in [-0.4, -0.2) is 56.6 Å². The number of nitrogens with zero attached hydrogens (tertiary/aromatic N) is 2. The van der Waals surface area contributed by atoms with Crippen LogP contribution < -0.4 is 16.0 Å². The Kier molecular flexibility index (Phi) is 4.92. The summed E-state index contributed by atoms with van der Waals surface area (Å²) in [5.74, 6) is -0.542. The number of likely N-dealkylation sites (N-methyl/N-ethyl adjacent to an activating group) is 1. The van der Waals surface area contributed by atoms with Gasteiger partial charge in [0.1, 0.15) is 5.82 Å². The molecular weight excluding hydrogens is 259 g/mol. The normalized spacial score (nSPS) is 18.0. The first-order chi connectivity index (χ1) is 9.60. The first-order valence-corrected chi connectivity index (χ1v) is 6.79. The van der Waals surface area contributed by atoms with Crippen LogP contribution in [0.2, 0.25) is 0 Å². The van der Waals surface area contributed by atoms with Crippen molar-refractivity contribution in [2.24, 2.45) is 5.73 Å². The van der Waals surface area contributed by atoms with Crippen LogP contribution in [0.1, 0.15) is 0 Å². The molecule has 1 fully saturated rings. The van der Waals surface area contributed by atoms with E-state index in [1.807, 2.05) is 0 Å². The fourth-order valence-corrected chi connectivity index (χ4v) is 2.42. The van der Waals surface area contributed by atoms with E-state index in [4.69, 9.17) is 5.73 Å². The molecule has 2 rings (SSSR count). The van der Waals surface area contributed by atoms with Gasteiger partial charge in [0, 0.05) is 38.4 Å². The molecule has 0 radical (unpaired) electrons. The molecule has 1 aromatic carbocycles. The maximum Gasteiger partial charge on any atom is 0.235 e. The number of rotatable bonds is 5. The van der Waals surface area contributed by atoms with Gasteiger partial charge >= 0.3 is 0 Å². The molecule has 0 aromatic heterocycles. The fraction of sp³-hybridized carbons (Fsp3) is 0.500. The highest BCUT2D eigenvalue weighted by molar-refractivity contribution is 5.80. The van der Waals surface area contributed by atoms with Crippen LogP contribution in [0.15, 0.2) is 24.3 Å². The van der Waals surface area contributed by atoms with Gasteiger partial charge in [-0.1, -0.05) is 0 Å². The molecule has 5 nitrogen and oxygen atoms in total. The van der Waals surface area contributed by atoms with Gasteiger partial charge in [-0.2, -0.15) is 0 Å². The van der Waals surface area contributed by atoms with Gasteiger partial charge in [-0.15, -0.1) is 0 Å². The zero-order chi connectivity index (χ0) is 14.5. The summed E-state index contributed by atoms with van der Waals surface area (Å²) < 4.78 is 12.9. The summed E-state index contributed by atoms with van der Waals surface area (Å²) >= 11 is 0. The maximum atomic E-state index is 12.9. The van der Waals surface area contributed by atoms with Crippen molar-refractivity contribution in [2.45, 2.75) is 6.04 Å². The largest absolute Gasteiger partial charge is 0.369 e. The standard InChI is InChI=1S/C14H21FN4O/c1-17-13(14(16)20)10-18-6-8-19(9-7-18)12-4-2-11(15)3-5-12/h2-5,13,17H,6-10H2,1H3,(H2,16,20). The van der Waals surface area contributed by atoms with Crippen molar-refractivity contribution in [2.75, 3.05) is 44.7 Å². The van der Waals surface area contributed by atoms with Gasteiger partial charge in [-0.05, 0) is 31.3 Å². The van der Waals surface area contributed by atoms with Crippen LogP contribution in [0.4, 0.5) is 10.1 Å². The van der Waals surface area contributed by atoms with Gasteiger partial charge in [-0.3, -0.25) is 9.69 Å². The molecule has 3 N–H and O–H groups in total. The number of benzene rings is 1. The molecule has 20 heavy (non-hydrogen) atoms. The number of carbonyl (C=O) groups is 1. The second-order valence-corrected chi connectivity index (χ2v) is 5.01. The van der Waals surface area contributed by atoms with Crippen molar-refractivity contribution in [1.29, 1.82) is 0 Å². The SMILES string of the molecule is CNC(CN1CCN(c2ccc(F)cc2)CC1)C(N)=O. The van der Waals surface area contributed by atoms with Crippen molar-refractivity contribution in [3.8, 4) is 0 Å². The average Bonchev–Trinajstić information content (AvgIpc) is 2.46. The number of anilines is 1. The number of nitrogens with two attached hydrogens (primary N) is 1. The summed E-state index contributed by atoms with van der Waals surface area (Å²) in [6.07, 6.45) is 0. The Morgan fingerprint density at radius 1 is 1.30 bits per heavy atom. The Morgan fingerprint density at radius 2 is 1.90 bits per heavy atom. The number of hydrogen-bond acceptors (Lipinski definition) is 4. The van der Waals surface area contributed by atoms with Crippen LogP contribution in [-0.2, 0) is 4.79 Å². The molecule has 1 unspecified atom stereocenters. The quantitative estimate of drug-likeness (QED) is 0.798. The van der Waals surface area contributed by atoms with E-state index in [0.717, 1.165) is 31.9 Å². The highest BCUT2D eigenvalue weighted by atomic mass is 19.1. The highest BCUT2D eigenvalue weighted by Crippen LogP contribution is 2.16. The Hall–Kier alpha value is -1.66. The minimum Gasteiger partial charge on any atom is -0.369 e. The highest BCUT2D eigenvalue weighted by Gasteiger charge is 2.22. The molecule has 0 saturated carbocycles. The average molecular weight is 280 g/mol. The molecule has 1 aromatic rings. The van der Waals surface area contributed by atoms with Gasteiger partial charge in [-0.25, -0.2) is 4.39 Å². The number of carbonyl (C=O) groups excluding carboxylic acids is 1. The van der Waals surface area contributed by atoms with E-state index >= 15 is 0 Å². The summed E-state index contributed by atoms with van der Waals surface area (Å²) in [4.78, 5) is 15.6. The monoisotopic (exact) mass is 280 g/mol. The summed E-state index contributed by atoms with van der Waals surface area (Å²) in [7, 11) is 1.74. The molecule has 1 heterocycles. The number of primary amides is 1. The molecule has 110 valence electrons. The van der Waals surface area contributed by atoms with E-state index in [1.54, 1.807) is 19.2 Å². The third-order valence-corrected chi connectivity index (χ3v) is 3.70. The van der Waals surface area contributed by atoms with Crippen LogP contribution in [0.3, 0.4) is 0 Å². The first kappa shape index (κ1) is 14.7. The van der Waals surface area contributed by atoms with Gasteiger partial charge in [0.25, 0.3) is 0 Å². The summed E-state index contributed by atoms with van der Waals surface area (Å²) in [6.45, 7) is 4.08. The van der Waals surface area contributed by atoms with Crippen LogP contribution in [0, 0.1) is 5.82 Å². The van der Waals surface area contributed by atoms with E-state index in [2.05, 4.69) is 15.1 Å². The van der Waals surface area contributed by atoms with E-state index in [9.17, 15) is 9.18 Å². The lowest BCUT2D eigenvalue weighted by Gasteiger charge is -2.37. The summed E-state index contributed by atoms with van der Waals surface area (Å²) in [6, 6.07) is 6.24. The van der Waals surface area contributed by atoms with Crippen LogP contribution in [0.5, 0.6) is 0 Å². The van der Waals surface area contributed by atoms with E-state index < -0.39 is 0 Å². The smallest absolute Gasteiger partial charge is 0.235 e. The van der Waals surface area contributed by atoms with Crippen molar-refractivity contribution in [3.63, 3.8) is 0 Å². The predicted molar refractivity (Wildman–Crippen MR) is 77.1 cm³/mol. The topological polar surface area (TPSA) is 61.6 Å². The molecule has 1 aliphatic rings. The lowest BCUT2D eigenvalue weighted by Crippen LogP contribution is -2.53. The molecule has 1 saturated heterocycles. The number of amides is 1. The number of halogens is 1. The lowest BCUT2D eigenvalue weighted by atomic mass is 10.2. The molecule has 0 bridgehead atoms. The van der Waals surface area contributed by atoms with Gasteiger partial charge in [0.05, 0.1) is 6.04 Å². The first-order valence-electron chi connectivity index (χ1n) is 6.79. The second-order valence-electron chi connectivity index (χ2n) is 5.01. The zero-order valence-electron chi connectivity index (χ0n) is 11.7. The lowest BCUT2D eigenvalue weighted by molar-refractivity contribution is -0.120. The number of nitrogens with one attached hydrogen (secondary N) is 1. The minimum absolute atomic E-state index is 0.217. The Bertz CT molecular complexity index is 443. The minimum atomic E-state index is -0.325. The van der Waals surface area contributed by atoms with Crippen molar-refractivity contribution in [3.05, 3.63) is 30.1 Å². The number of piperazine rings is 1. The molecule has 6 heteroatoms. The Labute approximate surface area is 118 Å². The molecule has 1 amide bonds. The predicted octanol–water partition coefficient (Wildman–Crippen LogP) is 0.0210. The van der Waals surface area contributed by atoms with Crippen LogP contribution in [0.25, 0.3) is 0 Å². The van der Waals surface area contributed by atoms with Crippen molar-refractivity contribution < 1.29 is 9.18 Å². The maximum absolute atomic E-state index is 12.9. The molecule has 0 aliphatic carbocycles. The molecule has 1 aliphatic heterocycles. The fourth-order valence-electron chi connectivity index (χ4n) is 2.42. The Morgan fingerprint density at radius 3 is 2.40 bits per heavy atom. The zero-order valence-corrected chi connectivity index (χ0v) is 11.7. The second kappa shape index (κ2) is 6.67. The van der Waals surface area contributed by atoms with E-state index in [-0.39, 0.29) is 17.8 Å². The third-order valence-electron chi connectivity index (χ3n) is 3.70.